The summed E-state index contributed by atoms with van der Waals surface area (Å²) < 4.78 is 53.4. The van der Waals surface area contributed by atoms with E-state index in [0.29, 0.717) is 0 Å². The van der Waals surface area contributed by atoms with E-state index in [1.54, 1.807) is 5.32 Å². The van der Waals surface area contributed by atoms with E-state index in [1.165, 1.54) is 6.07 Å². The molecular formula is C12H7F4NO3. The van der Waals surface area contributed by atoms with Crippen LogP contribution < -0.4 is 10.9 Å². The monoisotopic (exact) mass is 289 g/mol. The Balaban J connectivity index is 2.34. The van der Waals surface area contributed by atoms with Gasteiger partial charge in [0.2, 0.25) is 0 Å². The van der Waals surface area contributed by atoms with Crippen molar-refractivity contribution in [3.05, 3.63) is 46.3 Å². The number of hydrogen-bond donors (Lipinski definition) is 1. The van der Waals surface area contributed by atoms with Crippen LogP contribution in [0.25, 0.3) is 10.8 Å². The summed E-state index contributed by atoms with van der Waals surface area (Å²) in [6.45, 7) is -1.54. The summed E-state index contributed by atoms with van der Waals surface area (Å²) in [5.74, 6) is -2.41. The third-order valence-corrected chi connectivity index (χ3v) is 2.40. The number of hydrogen-bond acceptors (Lipinski definition) is 3. The van der Waals surface area contributed by atoms with Crippen LogP contribution in [0, 0.1) is 5.82 Å². The highest BCUT2D eigenvalue weighted by atomic mass is 19.4. The number of rotatable bonds is 2. The van der Waals surface area contributed by atoms with Crippen molar-refractivity contribution in [2.75, 3.05) is 6.54 Å². The molecule has 106 valence electrons. The third kappa shape index (κ3) is 3.14. The SMILES string of the molecule is O=C(NCC(F)(F)F)c1cc2ccc(F)cc2c(=O)o1. The van der Waals surface area contributed by atoms with E-state index < -0.39 is 35.8 Å². The van der Waals surface area contributed by atoms with Gasteiger partial charge in [0.1, 0.15) is 12.4 Å². The lowest BCUT2D eigenvalue weighted by Crippen LogP contribution is -2.34. The minimum absolute atomic E-state index is 0.0997. The molecule has 0 saturated carbocycles. The summed E-state index contributed by atoms with van der Waals surface area (Å²) >= 11 is 0. The molecule has 2 rings (SSSR count). The molecule has 1 aromatic heterocycles. The van der Waals surface area contributed by atoms with Crippen molar-refractivity contribution >= 4 is 16.7 Å². The Labute approximate surface area is 109 Å². The van der Waals surface area contributed by atoms with Crippen molar-refractivity contribution < 1.29 is 26.8 Å². The van der Waals surface area contributed by atoms with Gasteiger partial charge in [0, 0.05) is 0 Å². The van der Waals surface area contributed by atoms with Crippen LogP contribution in [0.15, 0.2) is 33.5 Å². The van der Waals surface area contributed by atoms with Gasteiger partial charge in [-0.3, -0.25) is 4.79 Å². The summed E-state index contributed by atoms with van der Waals surface area (Å²) in [5.41, 5.74) is -1.00. The second-order valence-corrected chi connectivity index (χ2v) is 3.93. The normalized spacial score (nSPS) is 11.6. The molecule has 1 N–H and O–H groups in total. The Morgan fingerprint density at radius 2 is 1.95 bits per heavy atom. The Kier molecular flexibility index (Phi) is 3.47. The standard InChI is InChI=1S/C12H7F4NO3/c13-7-2-1-6-3-9(20-11(19)8(6)4-7)10(18)17-5-12(14,15)16/h1-4H,5H2,(H,17,18). The van der Waals surface area contributed by atoms with Gasteiger partial charge >= 0.3 is 11.8 Å². The number of carbonyl (C=O) groups excluding carboxylic acids is 1. The van der Waals surface area contributed by atoms with Crippen molar-refractivity contribution in [2.45, 2.75) is 6.18 Å². The number of fused-ring (bicyclic) bond motifs is 1. The molecule has 0 radical (unpaired) electrons. The lowest BCUT2D eigenvalue weighted by molar-refractivity contribution is -0.123. The molecule has 0 aliphatic carbocycles. The zero-order valence-corrected chi connectivity index (χ0v) is 9.75. The predicted octanol–water partition coefficient (Wildman–Crippen LogP) is 2.22. The van der Waals surface area contributed by atoms with Crippen LogP contribution in [0.3, 0.4) is 0 Å². The van der Waals surface area contributed by atoms with E-state index in [2.05, 4.69) is 4.42 Å². The molecule has 1 aromatic carbocycles. The second-order valence-electron chi connectivity index (χ2n) is 3.93. The second kappa shape index (κ2) is 4.95. The van der Waals surface area contributed by atoms with Crippen molar-refractivity contribution in [2.24, 2.45) is 0 Å². The Morgan fingerprint density at radius 1 is 1.25 bits per heavy atom. The molecule has 8 heteroatoms. The summed E-state index contributed by atoms with van der Waals surface area (Å²) in [7, 11) is 0. The van der Waals surface area contributed by atoms with Crippen LogP contribution in [0.4, 0.5) is 17.6 Å². The van der Waals surface area contributed by atoms with E-state index in [9.17, 15) is 27.2 Å². The van der Waals surface area contributed by atoms with Gasteiger partial charge in [0.25, 0.3) is 5.91 Å². The van der Waals surface area contributed by atoms with Crippen LogP contribution in [-0.4, -0.2) is 18.6 Å². The number of halogens is 4. The highest BCUT2D eigenvalue weighted by Crippen LogP contribution is 2.15. The molecule has 0 bridgehead atoms. The molecule has 0 spiro atoms. The average molecular weight is 289 g/mol. The molecule has 0 aliphatic heterocycles. The maximum Gasteiger partial charge on any atom is 0.405 e. The zero-order valence-electron chi connectivity index (χ0n) is 9.75. The molecule has 4 nitrogen and oxygen atoms in total. The van der Waals surface area contributed by atoms with E-state index in [-0.39, 0.29) is 10.8 Å². The van der Waals surface area contributed by atoms with Crippen molar-refractivity contribution in [3.63, 3.8) is 0 Å². The molecule has 0 aliphatic rings. The Morgan fingerprint density at radius 3 is 2.60 bits per heavy atom. The number of amides is 1. The number of alkyl halides is 3. The van der Waals surface area contributed by atoms with E-state index >= 15 is 0 Å². The van der Waals surface area contributed by atoms with Gasteiger partial charge in [0.15, 0.2) is 5.76 Å². The van der Waals surface area contributed by atoms with Crippen molar-refractivity contribution in [3.8, 4) is 0 Å². The first kappa shape index (κ1) is 14.0. The van der Waals surface area contributed by atoms with Crippen LogP contribution in [0.2, 0.25) is 0 Å². The largest absolute Gasteiger partial charge is 0.417 e. The summed E-state index contributed by atoms with van der Waals surface area (Å²) in [4.78, 5) is 23.0. The summed E-state index contributed by atoms with van der Waals surface area (Å²) in [6, 6.07) is 4.27. The van der Waals surface area contributed by atoms with E-state index in [4.69, 9.17) is 0 Å². The highest BCUT2D eigenvalue weighted by molar-refractivity contribution is 5.95. The predicted molar refractivity (Wildman–Crippen MR) is 60.8 cm³/mol. The minimum atomic E-state index is -4.57. The fourth-order valence-electron chi connectivity index (χ4n) is 1.54. The van der Waals surface area contributed by atoms with Crippen LogP contribution in [-0.2, 0) is 0 Å². The van der Waals surface area contributed by atoms with Gasteiger partial charge in [-0.05, 0) is 23.6 Å². The Hall–Kier alpha value is -2.38. The fraction of sp³-hybridized carbons (Fsp3) is 0.167. The molecule has 0 saturated heterocycles. The topological polar surface area (TPSA) is 59.3 Å². The maximum absolute atomic E-state index is 12.9. The van der Waals surface area contributed by atoms with Crippen molar-refractivity contribution in [1.82, 2.24) is 5.32 Å². The third-order valence-electron chi connectivity index (χ3n) is 2.40. The fourth-order valence-corrected chi connectivity index (χ4v) is 1.54. The van der Waals surface area contributed by atoms with Crippen LogP contribution >= 0.6 is 0 Å². The lowest BCUT2D eigenvalue weighted by Gasteiger charge is -2.07. The van der Waals surface area contributed by atoms with E-state index in [1.807, 2.05) is 0 Å². The van der Waals surface area contributed by atoms with Gasteiger partial charge in [-0.1, -0.05) is 6.07 Å². The minimum Gasteiger partial charge on any atom is -0.417 e. The maximum atomic E-state index is 12.9. The van der Waals surface area contributed by atoms with Crippen molar-refractivity contribution in [1.29, 1.82) is 0 Å². The number of carbonyl (C=O) groups is 1. The smallest absolute Gasteiger partial charge is 0.405 e. The number of benzene rings is 1. The van der Waals surface area contributed by atoms with Gasteiger partial charge < -0.3 is 9.73 Å². The van der Waals surface area contributed by atoms with Gasteiger partial charge in [-0.15, -0.1) is 0 Å². The van der Waals surface area contributed by atoms with Crippen LogP contribution in [0.5, 0.6) is 0 Å². The zero-order chi connectivity index (χ0) is 14.9. The molecule has 20 heavy (non-hydrogen) atoms. The lowest BCUT2D eigenvalue weighted by atomic mass is 10.1. The number of nitrogens with one attached hydrogen (secondary N) is 1. The van der Waals surface area contributed by atoms with Gasteiger partial charge in [-0.25, -0.2) is 9.18 Å². The summed E-state index contributed by atoms with van der Waals surface area (Å²) in [6.07, 6.45) is -4.57. The molecule has 0 atom stereocenters. The quantitative estimate of drug-likeness (QED) is 0.862. The van der Waals surface area contributed by atoms with Gasteiger partial charge in [-0.2, -0.15) is 13.2 Å². The molecule has 0 unspecified atom stereocenters. The van der Waals surface area contributed by atoms with Gasteiger partial charge in [0.05, 0.1) is 5.39 Å². The molecule has 1 amide bonds. The Bertz CT molecular complexity index is 721. The first-order chi connectivity index (χ1) is 9.26. The molecule has 1 heterocycles. The summed E-state index contributed by atoms with van der Waals surface area (Å²) in [5, 5.41) is 1.67. The molecule has 2 aromatic rings. The molecular weight excluding hydrogens is 282 g/mol. The highest BCUT2D eigenvalue weighted by Gasteiger charge is 2.28. The molecule has 0 fully saturated rings. The van der Waals surface area contributed by atoms with Crippen LogP contribution in [0.1, 0.15) is 10.6 Å². The van der Waals surface area contributed by atoms with E-state index in [0.717, 1.165) is 18.2 Å². The first-order valence-corrected chi connectivity index (χ1v) is 5.34. The average Bonchev–Trinajstić information content (AvgIpc) is 2.35. The first-order valence-electron chi connectivity index (χ1n) is 5.34.